The lowest BCUT2D eigenvalue weighted by molar-refractivity contribution is -0.137. The molecule has 1 aromatic carbocycles. The summed E-state index contributed by atoms with van der Waals surface area (Å²) in [6, 6.07) is 4.27. The summed E-state index contributed by atoms with van der Waals surface area (Å²) in [6.45, 7) is 5.18. The van der Waals surface area contributed by atoms with Gasteiger partial charge in [-0.2, -0.15) is 0 Å². The normalized spacial score (nSPS) is 12.6. The van der Waals surface area contributed by atoms with E-state index < -0.39 is 23.7 Å². The van der Waals surface area contributed by atoms with Gasteiger partial charge in [0.25, 0.3) is 0 Å². The minimum absolute atomic E-state index is 0.291. The van der Waals surface area contributed by atoms with E-state index in [2.05, 4.69) is 21.2 Å². The molecule has 0 aliphatic carbocycles. The van der Waals surface area contributed by atoms with E-state index in [-0.39, 0.29) is 6.42 Å². The van der Waals surface area contributed by atoms with Gasteiger partial charge in [-0.25, -0.2) is 4.79 Å². The van der Waals surface area contributed by atoms with Gasteiger partial charge in [-0.1, -0.05) is 33.6 Å². The zero-order chi connectivity index (χ0) is 16.2. The van der Waals surface area contributed by atoms with Crippen molar-refractivity contribution >= 4 is 39.6 Å². The van der Waals surface area contributed by atoms with E-state index in [0.29, 0.717) is 10.6 Å². The van der Waals surface area contributed by atoms with E-state index in [0.717, 1.165) is 4.47 Å². The van der Waals surface area contributed by atoms with Gasteiger partial charge in [-0.3, -0.25) is 4.79 Å². The fourth-order valence-corrected chi connectivity index (χ4v) is 2.45. The van der Waals surface area contributed by atoms with Gasteiger partial charge in [0, 0.05) is 9.50 Å². The quantitative estimate of drug-likeness (QED) is 0.825. The van der Waals surface area contributed by atoms with Crippen molar-refractivity contribution in [2.75, 3.05) is 0 Å². The Morgan fingerprint density at radius 3 is 2.52 bits per heavy atom. The Hall–Kier alpha value is -1.27. The van der Waals surface area contributed by atoms with Crippen LogP contribution in [0, 0.1) is 0 Å². The van der Waals surface area contributed by atoms with Gasteiger partial charge in [0.2, 0.25) is 0 Å². The lowest BCUT2D eigenvalue weighted by Gasteiger charge is -2.23. The molecule has 0 aliphatic rings. The Kier molecular flexibility index (Phi) is 6.04. The molecule has 1 unspecified atom stereocenters. The summed E-state index contributed by atoms with van der Waals surface area (Å²) in [5, 5.41) is 11.9. The predicted molar refractivity (Wildman–Crippen MR) is 83.5 cm³/mol. The van der Waals surface area contributed by atoms with E-state index in [1.165, 1.54) is 0 Å². The summed E-state index contributed by atoms with van der Waals surface area (Å²) in [5.74, 6) is -1.05. The molecule has 0 aromatic heterocycles. The Balaban J connectivity index is 2.95. The molecule has 0 heterocycles. The van der Waals surface area contributed by atoms with Gasteiger partial charge in [0.15, 0.2) is 0 Å². The molecule has 116 valence electrons. The summed E-state index contributed by atoms with van der Waals surface area (Å²) in [5.41, 5.74) is -0.144. The van der Waals surface area contributed by atoms with E-state index >= 15 is 0 Å². The molecule has 21 heavy (non-hydrogen) atoms. The number of nitrogens with one attached hydrogen (secondary N) is 1. The molecule has 0 aliphatic heterocycles. The van der Waals surface area contributed by atoms with Crippen molar-refractivity contribution in [3.63, 3.8) is 0 Å². The summed E-state index contributed by atoms with van der Waals surface area (Å²) in [7, 11) is 0. The molecule has 1 aromatic rings. The first kappa shape index (κ1) is 17.8. The molecular formula is C14H17BrClNO4. The molecular weight excluding hydrogens is 362 g/mol. The van der Waals surface area contributed by atoms with E-state index in [1.54, 1.807) is 39.0 Å². The van der Waals surface area contributed by atoms with Gasteiger partial charge < -0.3 is 15.2 Å². The standard InChI is InChI=1S/C14H17BrClNO4/c1-14(2,3)21-13(20)17-11(7-12(18)19)9-5-4-8(15)6-10(9)16/h4-6,11H,7H2,1-3H3,(H,17,20)(H,18,19). The van der Waals surface area contributed by atoms with Crippen LogP contribution < -0.4 is 5.32 Å². The second kappa shape index (κ2) is 7.13. The van der Waals surface area contributed by atoms with Crippen molar-refractivity contribution in [3.05, 3.63) is 33.3 Å². The first-order chi connectivity index (χ1) is 9.58. The fourth-order valence-electron chi connectivity index (χ4n) is 1.65. The zero-order valence-electron chi connectivity index (χ0n) is 11.9. The van der Waals surface area contributed by atoms with Crippen LogP contribution in [0.3, 0.4) is 0 Å². The third-order valence-electron chi connectivity index (χ3n) is 2.41. The number of benzene rings is 1. The molecule has 7 heteroatoms. The third kappa shape index (κ3) is 6.35. The van der Waals surface area contributed by atoms with Crippen molar-refractivity contribution < 1.29 is 19.4 Å². The van der Waals surface area contributed by atoms with Crippen LogP contribution in [-0.2, 0) is 9.53 Å². The van der Waals surface area contributed by atoms with Crippen LogP contribution in [0.5, 0.6) is 0 Å². The van der Waals surface area contributed by atoms with Crippen molar-refractivity contribution in [3.8, 4) is 0 Å². The van der Waals surface area contributed by atoms with Crippen LogP contribution in [0.2, 0.25) is 5.02 Å². The Morgan fingerprint density at radius 2 is 2.05 bits per heavy atom. The molecule has 0 bridgehead atoms. The molecule has 0 saturated heterocycles. The number of carboxylic acids is 1. The van der Waals surface area contributed by atoms with Gasteiger partial charge in [-0.05, 0) is 38.5 Å². The number of alkyl carbamates (subject to hydrolysis) is 1. The average molecular weight is 379 g/mol. The van der Waals surface area contributed by atoms with Crippen molar-refractivity contribution in [2.24, 2.45) is 0 Å². The topological polar surface area (TPSA) is 75.6 Å². The summed E-state index contributed by atoms with van der Waals surface area (Å²) < 4.78 is 5.91. The number of hydrogen-bond donors (Lipinski definition) is 2. The number of amides is 1. The number of ether oxygens (including phenoxy) is 1. The van der Waals surface area contributed by atoms with Gasteiger partial charge >= 0.3 is 12.1 Å². The highest BCUT2D eigenvalue weighted by molar-refractivity contribution is 9.10. The highest BCUT2D eigenvalue weighted by atomic mass is 79.9. The average Bonchev–Trinajstić information content (AvgIpc) is 2.24. The van der Waals surface area contributed by atoms with E-state index in [1.807, 2.05) is 0 Å². The SMILES string of the molecule is CC(C)(C)OC(=O)NC(CC(=O)O)c1ccc(Br)cc1Cl. The minimum atomic E-state index is -1.05. The van der Waals surface area contributed by atoms with E-state index in [9.17, 15) is 9.59 Å². The van der Waals surface area contributed by atoms with Crippen molar-refractivity contribution in [2.45, 2.75) is 38.8 Å². The number of rotatable bonds is 4. The summed E-state index contributed by atoms with van der Waals surface area (Å²) >= 11 is 9.38. The Labute approximate surface area is 136 Å². The lowest BCUT2D eigenvalue weighted by Crippen LogP contribution is -2.35. The van der Waals surface area contributed by atoms with Gasteiger partial charge in [-0.15, -0.1) is 0 Å². The molecule has 5 nitrogen and oxygen atoms in total. The van der Waals surface area contributed by atoms with Crippen molar-refractivity contribution in [1.82, 2.24) is 5.32 Å². The van der Waals surface area contributed by atoms with Crippen LogP contribution in [-0.4, -0.2) is 22.8 Å². The maximum atomic E-state index is 11.8. The number of aliphatic carboxylic acids is 1. The van der Waals surface area contributed by atoms with Crippen LogP contribution in [0.4, 0.5) is 4.79 Å². The number of carboxylic acid groups (broad SMARTS) is 1. The summed E-state index contributed by atoms with van der Waals surface area (Å²) in [6.07, 6.45) is -0.978. The van der Waals surface area contributed by atoms with Gasteiger partial charge in [0.05, 0.1) is 12.5 Å². The second-order valence-corrected chi connectivity index (χ2v) is 6.79. The highest BCUT2D eigenvalue weighted by Crippen LogP contribution is 2.28. The lowest BCUT2D eigenvalue weighted by atomic mass is 10.0. The van der Waals surface area contributed by atoms with Crippen LogP contribution in [0.25, 0.3) is 0 Å². The number of carbonyl (C=O) groups is 2. The molecule has 1 atom stereocenters. The highest BCUT2D eigenvalue weighted by Gasteiger charge is 2.24. The zero-order valence-corrected chi connectivity index (χ0v) is 14.3. The maximum Gasteiger partial charge on any atom is 0.408 e. The predicted octanol–water partition coefficient (Wildman–Crippen LogP) is 4.14. The largest absolute Gasteiger partial charge is 0.481 e. The molecule has 2 N–H and O–H groups in total. The number of hydrogen-bond acceptors (Lipinski definition) is 3. The molecule has 0 fully saturated rings. The second-order valence-electron chi connectivity index (χ2n) is 5.46. The molecule has 0 saturated carbocycles. The third-order valence-corrected chi connectivity index (χ3v) is 3.23. The van der Waals surface area contributed by atoms with Crippen LogP contribution in [0.15, 0.2) is 22.7 Å². The monoisotopic (exact) mass is 377 g/mol. The number of carbonyl (C=O) groups excluding carboxylic acids is 1. The van der Waals surface area contributed by atoms with E-state index in [4.69, 9.17) is 21.4 Å². The van der Waals surface area contributed by atoms with Crippen LogP contribution in [0.1, 0.15) is 38.8 Å². The number of halogens is 2. The first-order valence-corrected chi connectivity index (χ1v) is 7.42. The first-order valence-electron chi connectivity index (χ1n) is 6.25. The molecule has 1 amide bonds. The van der Waals surface area contributed by atoms with Crippen molar-refractivity contribution in [1.29, 1.82) is 0 Å². The smallest absolute Gasteiger partial charge is 0.408 e. The maximum absolute atomic E-state index is 11.8. The van der Waals surface area contributed by atoms with Crippen LogP contribution >= 0.6 is 27.5 Å². The summed E-state index contributed by atoms with van der Waals surface area (Å²) in [4.78, 5) is 22.8. The Morgan fingerprint density at radius 1 is 1.43 bits per heavy atom. The minimum Gasteiger partial charge on any atom is -0.481 e. The molecule has 0 spiro atoms. The Bertz CT molecular complexity index is 542. The fraction of sp³-hybridized carbons (Fsp3) is 0.429. The molecule has 0 radical (unpaired) electrons. The molecule has 1 rings (SSSR count). The van der Waals surface area contributed by atoms with Gasteiger partial charge in [0.1, 0.15) is 5.60 Å².